The Morgan fingerprint density at radius 3 is 2.50 bits per heavy atom. The first-order valence-corrected chi connectivity index (χ1v) is 1.99. The van der Waals surface area contributed by atoms with Gasteiger partial charge in [-0.3, -0.25) is 0 Å². The van der Waals surface area contributed by atoms with E-state index in [4.69, 9.17) is 6.92 Å². The molecule has 0 aromatic carbocycles. The Bertz CT molecular complexity index is 47.1. The van der Waals surface area contributed by atoms with Crippen LogP contribution in [-0.2, 0) is 0 Å². The standard InChI is InChI=1S/C6H9/c1-4-5-6(2)3/h2,5H,1,4H2,3H3. The lowest BCUT2D eigenvalue weighted by molar-refractivity contribution is 1.34. The Hall–Kier alpha value is -0.260. The Kier molecular flexibility index (Phi) is 2.82. The molecule has 33 valence electrons. The molecular formula is C6H9. The van der Waals surface area contributed by atoms with Crippen molar-refractivity contribution in [3.8, 4) is 0 Å². The van der Waals surface area contributed by atoms with Crippen LogP contribution in [0.3, 0.4) is 0 Å². The largest absolute Gasteiger partial charge is 0.0853 e. The van der Waals surface area contributed by atoms with Gasteiger partial charge in [0.05, 0.1) is 0 Å². The molecule has 0 nitrogen and oxygen atoms in total. The maximum absolute atomic E-state index is 5.22. The van der Waals surface area contributed by atoms with Gasteiger partial charge in [-0.05, 0) is 27.2 Å². The first-order chi connectivity index (χ1) is 2.77. The molecule has 3 radical (unpaired) electrons. The van der Waals surface area contributed by atoms with Gasteiger partial charge in [-0.2, -0.15) is 0 Å². The van der Waals surface area contributed by atoms with E-state index in [1.54, 1.807) is 0 Å². The lowest BCUT2D eigenvalue weighted by atomic mass is 10.3. The minimum Gasteiger partial charge on any atom is -0.0853 e. The van der Waals surface area contributed by atoms with Crippen LogP contribution in [0, 0.1) is 13.8 Å². The van der Waals surface area contributed by atoms with Crippen molar-refractivity contribution < 1.29 is 0 Å². The Labute approximate surface area is 39.9 Å². The van der Waals surface area contributed by atoms with Crippen LogP contribution in [0.2, 0.25) is 0 Å². The molecular weight excluding hydrogens is 72.1 g/mol. The summed E-state index contributed by atoms with van der Waals surface area (Å²) in [4.78, 5) is 0. The number of allylic oxidation sites excluding steroid dienone is 2. The Morgan fingerprint density at radius 1 is 2.00 bits per heavy atom. The molecule has 0 spiro atoms. The third kappa shape index (κ3) is 3.74. The van der Waals surface area contributed by atoms with E-state index in [1.807, 2.05) is 13.0 Å². The summed E-state index contributed by atoms with van der Waals surface area (Å²) in [5.41, 5.74) is 0.852. The van der Waals surface area contributed by atoms with E-state index in [0.717, 1.165) is 12.0 Å². The van der Waals surface area contributed by atoms with Gasteiger partial charge in [0.25, 0.3) is 0 Å². The Balaban J connectivity index is 3.14. The summed E-state index contributed by atoms with van der Waals surface area (Å²) < 4.78 is 0. The van der Waals surface area contributed by atoms with Crippen molar-refractivity contribution in [1.29, 1.82) is 0 Å². The first-order valence-electron chi connectivity index (χ1n) is 1.99. The molecule has 0 N–H and O–H groups in total. The minimum absolute atomic E-state index is 0.794. The molecule has 6 heavy (non-hydrogen) atoms. The van der Waals surface area contributed by atoms with Gasteiger partial charge in [0, 0.05) is 0 Å². The van der Waals surface area contributed by atoms with Crippen LogP contribution in [0.15, 0.2) is 11.6 Å². The van der Waals surface area contributed by atoms with Gasteiger partial charge in [-0.25, -0.2) is 0 Å². The second-order valence-electron chi connectivity index (χ2n) is 1.24. The summed E-state index contributed by atoms with van der Waals surface area (Å²) in [6.45, 7) is 10.6. The molecule has 0 aromatic rings. The molecule has 0 atom stereocenters. The zero-order valence-corrected chi connectivity index (χ0v) is 4.07. The summed E-state index contributed by atoms with van der Waals surface area (Å²) in [6.07, 6.45) is 2.67. The lowest BCUT2D eigenvalue weighted by Crippen LogP contribution is -1.59. The topological polar surface area (TPSA) is 0 Å². The van der Waals surface area contributed by atoms with Crippen LogP contribution < -0.4 is 0 Å². The number of hydrogen-bond acceptors (Lipinski definition) is 0. The van der Waals surface area contributed by atoms with Crippen molar-refractivity contribution in [2.24, 2.45) is 0 Å². The van der Waals surface area contributed by atoms with Gasteiger partial charge in [0.15, 0.2) is 0 Å². The van der Waals surface area contributed by atoms with E-state index in [0.29, 0.717) is 0 Å². The number of rotatable bonds is 1. The van der Waals surface area contributed by atoms with Crippen LogP contribution in [0.1, 0.15) is 13.3 Å². The van der Waals surface area contributed by atoms with Crippen molar-refractivity contribution in [1.82, 2.24) is 0 Å². The van der Waals surface area contributed by atoms with Crippen molar-refractivity contribution >= 4 is 0 Å². The molecule has 0 aliphatic carbocycles. The zero-order valence-electron chi connectivity index (χ0n) is 4.07. The molecule has 0 unspecified atom stereocenters. The van der Waals surface area contributed by atoms with Crippen molar-refractivity contribution in [2.45, 2.75) is 13.3 Å². The predicted octanol–water partition coefficient (Wildman–Crippen LogP) is 1.87. The predicted molar refractivity (Wildman–Crippen MR) is 28.0 cm³/mol. The zero-order chi connectivity index (χ0) is 4.99. The molecule has 0 heterocycles. The monoisotopic (exact) mass is 81.1 g/mol. The highest BCUT2D eigenvalue weighted by Gasteiger charge is 1.68. The quantitative estimate of drug-likeness (QED) is 0.452. The number of hydrogen-bond donors (Lipinski definition) is 0. The molecule has 0 heteroatoms. The van der Waals surface area contributed by atoms with E-state index in [-0.39, 0.29) is 0 Å². The van der Waals surface area contributed by atoms with E-state index < -0.39 is 0 Å². The lowest BCUT2D eigenvalue weighted by Gasteiger charge is -1.79. The molecule has 0 saturated heterocycles. The second kappa shape index (κ2) is 2.95. The molecule has 0 aromatic heterocycles. The SMILES string of the molecule is [CH]C(C)=CC[CH2]. The van der Waals surface area contributed by atoms with Crippen molar-refractivity contribution in [2.75, 3.05) is 0 Å². The maximum Gasteiger partial charge on any atom is -0.00630 e. The van der Waals surface area contributed by atoms with Crippen LogP contribution in [0.5, 0.6) is 0 Å². The summed E-state index contributed by atoms with van der Waals surface area (Å²) in [6, 6.07) is 0. The third-order valence-electron chi connectivity index (χ3n) is 0.466. The van der Waals surface area contributed by atoms with Crippen LogP contribution in [0.4, 0.5) is 0 Å². The summed E-state index contributed by atoms with van der Waals surface area (Å²) in [7, 11) is 0. The fourth-order valence-electron chi connectivity index (χ4n) is 0.228. The molecule has 0 bridgehead atoms. The summed E-state index contributed by atoms with van der Waals surface area (Å²) >= 11 is 0. The maximum atomic E-state index is 5.22. The average molecular weight is 81.1 g/mol. The molecule has 0 fully saturated rings. The fourth-order valence-corrected chi connectivity index (χ4v) is 0.228. The van der Waals surface area contributed by atoms with Gasteiger partial charge >= 0.3 is 0 Å². The van der Waals surface area contributed by atoms with E-state index in [9.17, 15) is 0 Å². The van der Waals surface area contributed by atoms with Crippen molar-refractivity contribution in [3.05, 3.63) is 25.5 Å². The minimum atomic E-state index is 0.794. The van der Waals surface area contributed by atoms with Gasteiger partial charge in [0.2, 0.25) is 0 Å². The van der Waals surface area contributed by atoms with Gasteiger partial charge in [0.1, 0.15) is 0 Å². The average Bonchev–Trinajstić information content (AvgIpc) is 1.35. The first kappa shape index (κ1) is 5.74. The molecule has 0 amide bonds. The normalized spacial score (nSPS) is 12.2. The van der Waals surface area contributed by atoms with Gasteiger partial charge in [-0.15, -0.1) is 0 Å². The van der Waals surface area contributed by atoms with Gasteiger partial charge in [-0.1, -0.05) is 11.6 Å². The third-order valence-corrected chi connectivity index (χ3v) is 0.466. The van der Waals surface area contributed by atoms with Crippen LogP contribution >= 0.6 is 0 Å². The van der Waals surface area contributed by atoms with Gasteiger partial charge < -0.3 is 0 Å². The van der Waals surface area contributed by atoms with E-state index in [2.05, 4.69) is 6.92 Å². The highest BCUT2D eigenvalue weighted by Crippen LogP contribution is 1.87. The second-order valence-corrected chi connectivity index (χ2v) is 1.24. The van der Waals surface area contributed by atoms with E-state index >= 15 is 0 Å². The molecule has 0 saturated carbocycles. The highest BCUT2D eigenvalue weighted by atomic mass is 13.7. The fraction of sp³-hybridized carbons (Fsp3) is 0.333. The molecule has 0 rings (SSSR count). The van der Waals surface area contributed by atoms with Crippen LogP contribution in [0.25, 0.3) is 0 Å². The highest BCUT2D eigenvalue weighted by molar-refractivity contribution is 5.00. The summed E-state index contributed by atoms with van der Waals surface area (Å²) in [5.74, 6) is 0. The van der Waals surface area contributed by atoms with Crippen LogP contribution in [-0.4, -0.2) is 0 Å². The smallest absolute Gasteiger partial charge is 0.00630 e. The summed E-state index contributed by atoms with van der Waals surface area (Å²) in [5, 5.41) is 0. The van der Waals surface area contributed by atoms with E-state index in [1.165, 1.54) is 0 Å². The van der Waals surface area contributed by atoms with Crippen molar-refractivity contribution in [3.63, 3.8) is 0 Å². The molecule has 0 aliphatic heterocycles. The molecule has 0 aliphatic rings. The Morgan fingerprint density at radius 2 is 2.50 bits per heavy atom.